The summed E-state index contributed by atoms with van der Waals surface area (Å²) in [5, 5.41) is 0. The first kappa shape index (κ1) is 25.1. The monoisotopic (exact) mass is 430 g/mol. The van der Waals surface area contributed by atoms with Crippen molar-refractivity contribution in [1.82, 2.24) is 0 Å². The van der Waals surface area contributed by atoms with Crippen LogP contribution in [0.3, 0.4) is 0 Å². The molecule has 5 heteroatoms. The quantitative estimate of drug-likeness (QED) is 0.113. The molecule has 0 fully saturated rings. The molecule has 1 aromatic rings. The molecule has 0 bridgehead atoms. The van der Waals surface area contributed by atoms with E-state index in [4.69, 9.17) is 4.74 Å². The molecule has 0 atom stereocenters. The summed E-state index contributed by atoms with van der Waals surface area (Å²) in [6, 6.07) is 4.37. The second-order valence-electron chi connectivity index (χ2n) is 8.56. The molecule has 0 spiro atoms. The van der Waals surface area contributed by atoms with Crippen molar-refractivity contribution < 1.29 is 23.9 Å². The van der Waals surface area contributed by atoms with Gasteiger partial charge in [-0.3, -0.25) is 4.79 Å². The van der Waals surface area contributed by atoms with Crippen LogP contribution >= 0.6 is 0 Å². The van der Waals surface area contributed by atoms with Gasteiger partial charge in [0.2, 0.25) is 0 Å². The molecule has 1 heterocycles. The van der Waals surface area contributed by atoms with Crippen LogP contribution in [0.1, 0.15) is 130 Å². The molecule has 2 rings (SSSR count). The first-order chi connectivity index (χ1) is 15.1. The van der Waals surface area contributed by atoms with Gasteiger partial charge in [0.05, 0.1) is 11.1 Å². The van der Waals surface area contributed by atoms with Gasteiger partial charge in [-0.15, -0.1) is 0 Å². The lowest BCUT2D eigenvalue weighted by Gasteiger charge is -2.05. The Bertz CT molecular complexity index is 710. The largest absolute Gasteiger partial charge is 0.427 e. The van der Waals surface area contributed by atoms with E-state index >= 15 is 0 Å². The lowest BCUT2D eigenvalue weighted by atomic mass is 10.0. The number of unbranched alkanes of at least 4 members (excludes halogenated alkanes) is 14. The molecule has 0 aliphatic carbocycles. The Morgan fingerprint density at radius 1 is 0.710 bits per heavy atom. The summed E-state index contributed by atoms with van der Waals surface area (Å²) in [5.74, 6) is -1.39. The molecular weight excluding hydrogens is 392 g/mol. The average molecular weight is 431 g/mol. The lowest BCUT2D eigenvalue weighted by molar-refractivity contribution is -0.134. The van der Waals surface area contributed by atoms with Gasteiger partial charge in [0.15, 0.2) is 0 Å². The van der Waals surface area contributed by atoms with Crippen molar-refractivity contribution in [3.8, 4) is 5.75 Å². The summed E-state index contributed by atoms with van der Waals surface area (Å²) in [7, 11) is 0. The van der Waals surface area contributed by atoms with E-state index in [1.165, 1.54) is 95.2 Å². The van der Waals surface area contributed by atoms with Crippen molar-refractivity contribution in [2.24, 2.45) is 0 Å². The minimum absolute atomic E-state index is 0.155. The number of carbonyl (C=O) groups is 3. The molecule has 1 aliphatic heterocycles. The highest BCUT2D eigenvalue weighted by Crippen LogP contribution is 2.25. The third-order valence-corrected chi connectivity index (χ3v) is 5.83. The minimum atomic E-state index is -0.694. The number of fused-ring (bicyclic) bond motifs is 1. The number of ether oxygens (including phenoxy) is 2. The number of esters is 3. The number of cyclic esters (lactones) is 2. The van der Waals surface area contributed by atoms with Gasteiger partial charge < -0.3 is 9.47 Å². The molecule has 0 amide bonds. The van der Waals surface area contributed by atoms with Gasteiger partial charge in [-0.1, -0.05) is 96.8 Å². The highest BCUT2D eigenvalue weighted by Gasteiger charge is 2.30. The fraction of sp³-hybridized carbons (Fsp3) is 0.654. The Labute approximate surface area is 186 Å². The van der Waals surface area contributed by atoms with Gasteiger partial charge in [-0.25, -0.2) is 9.59 Å². The van der Waals surface area contributed by atoms with E-state index in [-0.39, 0.29) is 22.8 Å². The number of hydrogen-bond donors (Lipinski definition) is 0. The SMILES string of the molecule is CCCCCCCCCCCCCCCCCC(=O)Oc1ccc2c(c1)C(=O)OC2=O. The van der Waals surface area contributed by atoms with E-state index in [0.717, 1.165) is 19.3 Å². The standard InChI is InChI=1S/C26H38O5/c1-2-3-4-5-6-7-8-9-10-11-12-13-14-15-16-17-24(27)30-21-18-19-22-23(20-21)26(29)31-25(22)28/h18-20H,2-17H2,1H3. The second-order valence-corrected chi connectivity index (χ2v) is 8.56. The molecule has 172 valence electrons. The molecule has 0 radical (unpaired) electrons. The highest BCUT2D eigenvalue weighted by molar-refractivity contribution is 6.14. The first-order valence-corrected chi connectivity index (χ1v) is 12.2. The summed E-state index contributed by atoms with van der Waals surface area (Å²) >= 11 is 0. The third-order valence-electron chi connectivity index (χ3n) is 5.83. The van der Waals surface area contributed by atoms with Gasteiger partial charge in [0, 0.05) is 6.42 Å². The van der Waals surface area contributed by atoms with Crippen molar-refractivity contribution >= 4 is 17.9 Å². The van der Waals surface area contributed by atoms with E-state index in [1.54, 1.807) is 0 Å². The van der Waals surface area contributed by atoms with Crippen molar-refractivity contribution in [1.29, 1.82) is 0 Å². The average Bonchev–Trinajstić information content (AvgIpc) is 3.04. The fourth-order valence-corrected chi connectivity index (χ4v) is 3.95. The maximum Gasteiger partial charge on any atom is 0.347 e. The summed E-state index contributed by atoms with van der Waals surface area (Å²) in [6.45, 7) is 2.26. The zero-order valence-electron chi connectivity index (χ0n) is 19.1. The van der Waals surface area contributed by atoms with Crippen LogP contribution < -0.4 is 4.74 Å². The molecule has 0 saturated carbocycles. The van der Waals surface area contributed by atoms with E-state index < -0.39 is 11.9 Å². The van der Waals surface area contributed by atoms with Gasteiger partial charge in [-0.05, 0) is 24.6 Å². The van der Waals surface area contributed by atoms with Crippen LogP contribution in [0.2, 0.25) is 0 Å². The third kappa shape index (κ3) is 9.67. The first-order valence-electron chi connectivity index (χ1n) is 12.2. The smallest absolute Gasteiger partial charge is 0.347 e. The summed E-state index contributed by atoms with van der Waals surface area (Å²) in [4.78, 5) is 35.0. The zero-order valence-corrected chi connectivity index (χ0v) is 19.1. The van der Waals surface area contributed by atoms with Crippen LogP contribution in [0.5, 0.6) is 5.75 Å². The van der Waals surface area contributed by atoms with Crippen LogP contribution in [0.15, 0.2) is 18.2 Å². The normalized spacial score (nSPS) is 12.7. The molecule has 0 saturated heterocycles. The maximum absolute atomic E-state index is 12.0. The predicted octanol–water partition coefficient (Wildman–Crippen LogP) is 7.16. The van der Waals surface area contributed by atoms with Gasteiger partial charge in [-0.2, -0.15) is 0 Å². The van der Waals surface area contributed by atoms with Crippen LogP contribution in [0.4, 0.5) is 0 Å². The Morgan fingerprint density at radius 3 is 1.74 bits per heavy atom. The number of carbonyl (C=O) groups excluding carboxylic acids is 3. The molecule has 31 heavy (non-hydrogen) atoms. The van der Waals surface area contributed by atoms with E-state index in [9.17, 15) is 14.4 Å². The minimum Gasteiger partial charge on any atom is -0.427 e. The molecule has 5 nitrogen and oxygen atoms in total. The van der Waals surface area contributed by atoms with Crippen molar-refractivity contribution in [2.75, 3.05) is 0 Å². The van der Waals surface area contributed by atoms with Crippen LogP contribution in [0, 0.1) is 0 Å². The van der Waals surface area contributed by atoms with Crippen LogP contribution in [0.25, 0.3) is 0 Å². The highest BCUT2D eigenvalue weighted by atomic mass is 16.6. The molecule has 0 unspecified atom stereocenters. The van der Waals surface area contributed by atoms with Gasteiger partial charge in [0.1, 0.15) is 5.75 Å². The molecule has 1 aromatic carbocycles. The number of benzene rings is 1. The Hall–Kier alpha value is -2.17. The Kier molecular flexibility index (Phi) is 12.0. The van der Waals surface area contributed by atoms with Gasteiger partial charge >= 0.3 is 17.9 Å². The van der Waals surface area contributed by atoms with Crippen molar-refractivity contribution in [3.63, 3.8) is 0 Å². The Balaban J connectivity index is 1.42. The second kappa shape index (κ2) is 14.8. The molecule has 1 aliphatic rings. The fourth-order valence-electron chi connectivity index (χ4n) is 3.95. The number of hydrogen-bond acceptors (Lipinski definition) is 5. The zero-order chi connectivity index (χ0) is 22.3. The molecule has 0 aromatic heterocycles. The summed E-state index contributed by atoms with van der Waals surface area (Å²) in [6.07, 6.45) is 19.6. The summed E-state index contributed by atoms with van der Waals surface area (Å²) in [5.41, 5.74) is 0.370. The Morgan fingerprint density at radius 2 is 1.19 bits per heavy atom. The van der Waals surface area contributed by atoms with E-state index in [0.29, 0.717) is 6.42 Å². The van der Waals surface area contributed by atoms with E-state index in [2.05, 4.69) is 11.7 Å². The number of rotatable bonds is 17. The predicted molar refractivity (Wildman–Crippen MR) is 121 cm³/mol. The topological polar surface area (TPSA) is 69.7 Å². The van der Waals surface area contributed by atoms with E-state index in [1.807, 2.05) is 0 Å². The van der Waals surface area contributed by atoms with Crippen molar-refractivity contribution in [2.45, 2.75) is 110 Å². The van der Waals surface area contributed by atoms with Crippen LogP contribution in [-0.4, -0.2) is 17.9 Å². The summed E-state index contributed by atoms with van der Waals surface area (Å²) < 4.78 is 9.82. The van der Waals surface area contributed by atoms with Gasteiger partial charge in [0.25, 0.3) is 0 Å². The maximum atomic E-state index is 12.0. The van der Waals surface area contributed by atoms with Crippen LogP contribution in [-0.2, 0) is 9.53 Å². The molecule has 0 N–H and O–H groups in total. The molecular formula is C26H38O5. The lowest BCUT2D eigenvalue weighted by Crippen LogP contribution is -2.08. The van der Waals surface area contributed by atoms with Crippen molar-refractivity contribution in [3.05, 3.63) is 29.3 Å².